The third kappa shape index (κ3) is 4.99. The maximum atomic E-state index is 13.5. The highest BCUT2D eigenvalue weighted by Gasteiger charge is 2.39. The number of rotatable bonds is 6. The highest BCUT2D eigenvalue weighted by Crippen LogP contribution is 2.33. The maximum Gasteiger partial charge on any atom is 0.305 e. The highest BCUT2D eigenvalue weighted by molar-refractivity contribution is 7.91. The topological polar surface area (TPSA) is 170 Å². The number of benzene rings is 1. The molecule has 2 aliphatic heterocycles. The van der Waals surface area contributed by atoms with Crippen LogP contribution in [0.1, 0.15) is 39.3 Å². The lowest BCUT2D eigenvalue weighted by molar-refractivity contribution is -0.138. The predicted molar refractivity (Wildman–Crippen MR) is 141 cm³/mol. The van der Waals surface area contributed by atoms with Crippen molar-refractivity contribution in [3.63, 3.8) is 0 Å². The van der Waals surface area contributed by atoms with E-state index in [0.717, 1.165) is 26.6 Å². The monoisotopic (exact) mass is 562 g/mol. The fourth-order valence-corrected chi connectivity index (χ4v) is 8.65. The molecule has 1 saturated heterocycles. The number of nitrogens with one attached hydrogen (secondary N) is 2. The number of piperazine rings is 1. The van der Waals surface area contributed by atoms with Crippen LogP contribution in [-0.2, 0) is 27.8 Å². The van der Waals surface area contributed by atoms with Crippen LogP contribution in [0.5, 0.6) is 0 Å². The van der Waals surface area contributed by atoms with Gasteiger partial charge in [0.2, 0.25) is 0 Å². The van der Waals surface area contributed by atoms with Crippen molar-refractivity contribution in [2.75, 3.05) is 19.6 Å². The summed E-state index contributed by atoms with van der Waals surface area (Å²) in [5, 5.41) is 21.4. The summed E-state index contributed by atoms with van der Waals surface area (Å²) >= 11 is 2.40. The molecule has 2 aliphatic rings. The second-order valence-electron chi connectivity index (χ2n) is 9.22. The molecule has 0 aliphatic carbocycles. The second-order valence-corrected chi connectivity index (χ2v) is 13.6. The Kier molecular flexibility index (Phi) is 6.79. The van der Waals surface area contributed by atoms with Crippen molar-refractivity contribution in [2.24, 2.45) is 5.73 Å². The molecule has 2 aromatic heterocycles. The zero-order valence-electron chi connectivity index (χ0n) is 19.9. The van der Waals surface area contributed by atoms with Gasteiger partial charge in [-0.25, -0.2) is 13.4 Å². The standard InChI is InChI=1S/C23H26N6O5S3/c1-12-6-16-18(10-26-12)36-22(27-16)23(32)29-5-4-28(11-15(29)9-19(30)31)37(33,34)20-8-14-7-13(21(24)25)2-3-17(14)35-20/h2-3,7-8,12,15,26H,4-6,9-11H2,1H3,(H3,24,25)(H,30,31). The molecule has 3 aromatic rings. The van der Waals surface area contributed by atoms with E-state index in [1.807, 2.05) is 6.92 Å². The van der Waals surface area contributed by atoms with Crippen LogP contribution in [0.25, 0.3) is 10.1 Å². The van der Waals surface area contributed by atoms with Gasteiger partial charge in [0.05, 0.1) is 18.2 Å². The third-order valence-electron chi connectivity index (χ3n) is 6.59. The normalized spacial score (nSPS) is 20.6. The predicted octanol–water partition coefficient (Wildman–Crippen LogP) is 1.67. The first-order valence-electron chi connectivity index (χ1n) is 11.7. The average molecular weight is 563 g/mol. The van der Waals surface area contributed by atoms with Crippen molar-refractivity contribution in [2.45, 2.75) is 42.6 Å². The minimum absolute atomic E-state index is 0.0425. The van der Waals surface area contributed by atoms with Gasteiger partial charge < -0.3 is 21.1 Å². The molecule has 0 spiro atoms. The maximum absolute atomic E-state index is 13.5. The number of nitrogens with zero attached hydrogens (tertiary/aromatic N) is 3. The van der Waals surface area contributed by atoms with E-state index < -0.39 is 22.0 Å². The van der Waals surface area contributed by atoms with Gasteiger partial charge in [-0.05, 0) is 36.6 Å². The van der Waals surface area contributed by atoms with Gasteiger partial charge in [0.15, 0.2) is 5.01 Å². The number of carboxylic acids is 1. The number of sulfonamides is 1. The average Bonchev–Trinajstić information content (AvgIpc) is 3.47. The number of thiophene rings is 1. The lowest BCUT2D eigenvalue weighted by Gasteiger charge is -2.39. The van der Waals surface area contributed by atoms with Crippen molar-refractivity contribution in [1.29, 1.82) is 5.41 Å². The molecule has 5 rings (SSSR count). The van der Waals surface area contributed by atoms with Crippen LogP contribution in [0.2, 0.25) is 0 Å². The number of nitrogens with two attached hydrogens (primary N) is 1. The molecule has 1 amide bonds. The van der Waals surface area contributed by atoms with Gasteiger partial charge in [-0.1, -0.05) is 0 Å². The number of aromatic nitrogens is 1. The van der Waals surface area contributed by atoms with Crippen LogP contribution in [0.3, 0.4) is 0 Å². The summed E-state index contributed by atoms with van der Waals surface area (Å²) in [6.45, 7) is 2.66. The highest BCUT2D eigenvalue weighted by atomic mass is 32.2. The summed E-state index contributed by atoms with van der Waals surface area (Å²) in [5.74, 6) is -1.59. The number of hydrogen-bond donors (Lipinski definition) is 4. The Hall–Kier alpha value is -2.91. The first-order valence-corrected chi connectivity index (χ1v) is 14.7. The van der Waals surface area contributed by atoms with Gasteiger partial charge in [-0.2, -0.15) is 4.31 Å². The SMILES string of the molecule is CC1Cc2nc(C(=O)N3CCN(S(=O)(=O)c4cc5cc(C(=N)N)ccc5s4)CC3CC(=O)O)sc2CN1. The number of amidine groups is 1. The molecule has 0 saturated carbocycles. The fourth-order valence-electron chi connectivity index (χ4n) is 4.65. The van der Waals surface area contributed by atoms with Crippen LogP contribution in [-0.4, -0.2) is 77.1 Å². The Bertz CT molecular complexity index is 1510. The summed E-state index contributed by atoms with van der Waals surface area (Å²) in [5.41, 5.74) is 6.94. The van der Waals surface area contributed by atoms with Crippen molar-refractivity contribution in [3.8, 4) is 0 Å². The number of carboxylic acid groups (broad SMARTS) is 1. The molecule has 0 bridgehead atoms. The summed E-state index contributed by atoms with van der Waals surface area (Å²) in [7, 11) is -3.93. The molecule has 0 radical (unpaired) electrons. The van der Waals surface area contributed by atoms with E-state index in [0.29, 0.717) is 28.9 Å². The zero-order chi connectivity index (χ0) is 26.5. The Balaban J connectivity index is 1.39. The molecule has 4 heterocycles. The number of aliphatic carboxylic acids is 1. The van der Waals surface area contributed by atoms with Gasteiger partial charge in [-0.3, -0.25) is 15.0 Å². The van der Waals surface area contributed by atoms with Gasteiger partial charge in [0.1, 0.15) is 10.0 Å². The fraction of sp³-hybridized carbons (Fsp3) is 0.391. The second kappa shape index (κ2) is 9.76. The first kappa shape index (κ1) is 25.7. The number of nitrogen functional groups attached to an aromatic ring is 1. The summed E-state index contributed by atoms with van der Waals surface area (Å²) in [6.07, 6.45) is 0.336. The largest absolute Gasteiger partial charge is 0.481 e. The van der Waals surface area contributed by atoms with Crippen LogP contribution in [0.15, 0.2) is 28.5 Å². The van der Waals surface area contributed by atoms with Gasteiger partial charge >= 0.3 is 5.97 Å². The molecule has 2 atom stereocenters. The Morgan fingerprint density at radius 1 is 1.27 bits per heavy atom. The number of fused-ring (bicyclic) bond motifs is 2. The van der Waals surface area contributed by atoms with E-state index in [-0.39, 0.29) is 48.0 Å². The number of carbonyl (C=O) groups is 2. The van der Waals surface area contributed by atoms with Gasteiger partial charge in [0.25, 0.3) is 15.9 Å². The molecule has 1 aromatic carbocycles. The van der Waals surface area contributed by atoms with Gasteiger partial charge in [-0.15, -0.1) is 22.7 Å². The number of thiazole rings is 1. The Morgan fingerprint density at radius 2 is 2.05 bits per heavy atom. The third-order valence-corrected chi connectivity index (χ3v) is 11.1. The molecular formula is C23H26N6O5S3. The smallest absolute Gasteiger partial charge is 0.305 e. The van der Waals surface area contributed by atoms with Crippen LogP contribution >= 0.6 is 22.7 Å². The van der Waals surface area contributed by atoms with Crippen LogP contribution in [0.4, 0.5) is 0 Å². The number of amides is 1. The van der Waals surface area contributed by atoms with Crippen LogP contribution in [0, 0.1) is 5.41 Å². The molecule has 5 N–H and O–H groups in total. The Labute approximate surface area is 221 Å². The zero-order valence-corrected chi connectivity index (χ0v) is 22.4. The van der Waals surface area contributed by atoms with E-state index in [9.17, 15) is 23.1 Å². The molecule has 1 fully saturated rings. The quantitative estimate of drug-likeness (QED) is 0.260. The van der Waals surface area contributed by atoms with Gasteiger partial charge in [0, 0.05) is 53.8 Å². The van der Waals surface area contributed by atoms with Crippen LogP contribution < -0.4 is 11.1 Å². The molecule has 196 valence electrons. The molecule has 11 nitrogen and oxygen atoms in total. The minimum atomic E-state index is -3.93. The van der Waals surface area contributed by atoms with Crippen molar-refractivity contribution in [3.05, 3.63) is 45.4 Å². The minimum Gasteiger partial charge on any atom is -0.481 e. The first-order chi connectivity index (χ1) is 17.5. The summed E-state index contributed by atoms with van der Waals surface area (Å²) in [4.78, 5) is 32.0. The van der Waals surface area contributed by atoms with E-state index >= 15 is 0 Å². The van der Waals surface area contributed by atoms with E-state index in [2.05, 4.69) is 10.3 Å². The van der Waals surface area contributed by atoms with E-state index in [4.69, 9.17) is 11.1 Å². The van der Waals surface area contributed by atoms with E-state index in [1.54, 1.807) is 24.3 Å². The number of carbonyl (C=O) groups excluding carboxylic acids is 1. The van der Waals surface area contributed by atoms with Crippen molar-refractivity contribution >= 4 is 60.5 Å². The lowest BCUT2D eigenvalue weighted by Crippen LogP contribution is -2.57. The molecular weight excluding hydrogens is 536 g/mol. The summed E-state index contributed by atoms with van der Waals surface area (Å²) in [6, 6.07) is 6.03. The van der Waals surface area contributed by atoms with Crippen molar-refractivity contribution in [1.82, 2.24) is 19.5 Å². The number of hydrogen-bond acceptors (Lipinski definition) is 9. The lowest BCUT2D eigenvalue weighted by atomic mass is 10.1. The summed E-state index contributed by atoms with van der Waals surface area (Å²) < 4.78 is 29.1. The van der Waals surface area contributed by atoms with Crippen molar-refractivity contribution < 1.29 is 23.1 Å². The molecule has 37 heavy (non-hydrogen) atoms. The molecule has 14 heteroatoms. The van der Waals surface area contributed by atoms with E-state index in [1.165, 1.54) is 20.5 Å². The Morgan fingerprint density at radius 3 is 2.78 bits per heavy atom. The molecule has 2 unspecified atom stereocenters.